The van der Waals surface area contributed by atoms with Gasteiger partial charge < -0.3 is 9.90 Å². The summed E-state index contributed by atoms with van der Waals surface area (Å²) in [6, 6.07) is 0. The molecule has 1 atom stereocenters. The second-order valence-electron chi connectivity index (χ2n) is 5.63. The van der Waals surface area contributed by atoms with Gasteiger partial charge in [-0.25, -0.2) is 4.89 Å². The zero-order valence-electron chi connectivity index (χ0n) is 13.8. The maximum Gasteiger partial charge on any atom is 0.111 e. The van der Waals surface area contributed by atoms with Gasteiger partial charge in [-0.15, -0.1) is 0 Å². The van der Waals surface area contributed by atoms with E-state index in [1.165, 1.54) is 19.3 Å². The molecule has 0 aromatic rings. The van der Waals surface area contributed by atoms with Crippen LogP contribution in [0.5, 0.6) is 0 Å². The minimum atomic E-state index is -0.971. The van der Waals surface area contributed by atoms with Crippen molar-refractivity contribution in [1.82, 2.24) is 0 Å². The number of unbranched alkanes of at least 4 members (excludes halogenated alkanes) is 7. The highest BCUT2D eigenvalue weighted by molar-refractivity contribution is 5.63. The van der Waals surface area contributed by atoms with Crippen LogP contribution in [0.1, 0.15) is 77.6 Å². The first-order valence-corrected chi connectivity index (χ1v) is 8.54. The zero-order chi connectivity index (χ0) is 16.5. The monoisotopic (exact) mass is 311 g/mol. The Morgan fingerprint density at radius 3 is 2.50 bits per heavy atom. The van der Waals surface area contributed by atoms with E-state index in [2.05, 4.69) is 17.9 Å². The summed E-state index contributed by atoms with van der Waals surface area (Å²) in [6.07, 6.45) is 18.0. The van der Waals surface area contributed by atoms with Crippen LogP contribution in [-0.2, 0) is 9.68 Å². The van der Waals surface area contributed by atoms with Gasteiger partial charge in [0.25, 0.3) is 0 Å². The molecule has 0 amide bonds. The van der Waals surface area contributed by atoms with E-state index in [0.717, 1.165) is 38.5 Å². The van der Waals surface area contributed by atoms with Crippen molar-refractivity contribution in [3.05, 3.63) is 24.3 Å². The molecule has 0 spiro atoms. The molecular weight excluding hydrogens is 280 g/mol. The summed E-state index contributed by atoms with van der Waals surface area (Å²) in [6.45, 7) is 2.19. The molecule has 0 saturated carbocycles. The number of carbonyl (C=O) groups is 1. The number of hydrogen-bond donors (Lipinski definition) is 1. The molecule has 4 heteroatoms. The van der Waals surface area contributed by atoms with E-state index >= 15 is 0 Å². The quantitative estimate of drug-likeness (QED) is 0.215. The van der Waals surface area contributed by atoms with E-state index in [1.807, 2.05) is 18.2 Å². The van der Waals surface area contributed by atoms with E-state index in [-0.39, 0.29) is 12.5 Å². The van der Waals surface area contributed by atoms with Crippen LogP contribution in [0.25, 0.3) is 0 Å². The molecule has 0 radical (unpaired) electrons. The summed E-state index contributed by atoms with van der Waals surface area (Å²) in [5.41, 5.74) is 0. The molecule has 0 bridgehead atoms. The topological polar surface area (TPSA) is 69.6 Å². The number of aliphatic carboxylic acids is 1. The SMILES string of the molecule is CCCCC/C=C\C=C\[C@H](CCCCCCCC(=O)[O-])OO. The van der Waals surface area contributed by atoms with Crippen molar-refractivity contribution < 1.29 is 20.0 Å². The molecule has 0 rings (SSSR count). The van der Waals surface area contributed by atoms with Gasteiger partial charge in [-0.3, -0.25) is 5.26 Å². The van der Waals surface area contributed by atoms with Gasteiger partial charge in [0, 0.05) is 5.97 Å². The number of hydrogen-bond acceptors (Lipinski definition) is 4. The molecule has 0 aliphatic rings. The van der Waals surface area contributed by atoms with Crippen LogP contribution in [0, 0.1) is 0 Å². The Bertz CT molecular complexity index is 310. The van der Waals surface area contributed by atoms with Gasteiger partial charge in [-0.2, -0.15) is 0 Å². The Balaban J connectivity index is 3.59. The van der Waals surface area contributed by atoms with E-state index in [9.17, 15) is 9.90 Å². The van der Waals surface area contributed by atoms with Crippen LogP contribution in [0.15, 0.2) is 24.3 Å². The van der Waals surface area contributed by atoms with Crippen molar-refractivity contribution in [2.24, 2.45) is 0 Å². The Morgan fingerprint density at radius 1 is 1.09 bits per heavy atom. The molecule has 0 aromatic heterocycles. The number of allylic oxidation sites excluding steroid dienone is 3. The minimum absolute atomic E-state index is 0.149. The molecule has 22 heavy (non-hydrogen) atoms. The van der Waals surface area contributed by atoms with Gasteiger partial charge in [0.05, 0.1) is 0 Å². The standard InChI is InChI=1S/C18H32O4/c1-2-3-4-5-6-8-11-14-17(22-21)15-12-9-7-10-13-16-18(19)20/h6,8,11,14,17,21H,2-5,7,9-10,12-13,15-16H2,1H3,(H,19,20)/p-1/b8-6-,14-11+/t17-/m1/s1. The second kappa shape index (κ2) is 16.2. The van der Waals surface area contributed by atoms with Crippen LogP contribution in [-0.4, -0.2) is 17.3 Å². The lowest BCUT2D eigenvalue weighted by molar-refractivity contribution is -0.305. The highest BCUT2D eigenvalue weighted by Crippen LogP contribution is 2.11. The lowest BCUT2D eigenvalue weighted by Gasteiger charge is -2.08. The van der Waals surface area contributed by atoms with E-state index in [1.54, 1.807) is 0 Å². The average molecular weight is 311 g/mol. The average Bonchev–Trinajstić information content (AvgIpc) is 2.50. The van der Waals surface area contributed by atoms with Gasteiger partial charge >= 0.3 is 0 Å². The molecule has 0 aromatic carbocycles. The van der Waals surface area contributed by atoms with E-state index in [4.69, 9.17) is 5.26 Å². The van der Waals surface area contributed by atoms with Gasteiger partial charge in [0.15, 0.2) is 0 Å². The fourth-order valence-corrected chi connectivity index (χ4v) is 2.20. The number of rotatable bonds is 15. The van der Waals surface area contributed by atoms with E-state index in [0.29, 0.717) is 6.42 Å². The molecule has 1 N–H and O–H groups in total. The minimum Gasteiger partial charge on any atom is -0.550 e. The third kappa shape index (κ3) is 15.3. The molecule has 128 valence electrons. The van der Waals surface area contributed by atoms with Gasteiger partial charge in [-0.05, 0) is 32.1 Å². The predicted octanol–water partition coefficient (Wildman–Crippen LogP) is 4.02. The van der Waals surface area contributed by atoms with Crippen LogP contribution < -0.4 is 5.11 Å². The van der Waals surface area contributed by atoms with Crippen LogP contribution in [0.4, 0.5) is 0 Å². The van der Waals surface area contributed by atoms with Crippen LogP contribution in [0.2, 0.25) is 0 Å². The fourth-order valence-electron chi connectivity index (χ4n) is 2.20. The number of carboxylic acid groups (broad SMARTS) is 1. The first kappa shape index (κ1) is 20.9. The number of carbonyl (C=O) groups excluding carboxylic acids is 1. The highest BCUT2D eigenvalue weighted by atomic mass is 17.1. The van der Waals surface area contributed by atoms with Gasteiger partial charge in [-0.1, -0.05) is 69.8 Å². The van der Waals surface area contributed by atoms with Gasteiger partial charge in [0.1, 0.15) is 6.10 Å². The van der Waals surface area contributed by atoms with Crippen molar-refractivity contribution in [2.45, 2.75) is 83.7 Å². The molecular formula is C18H31O4-. The molecule has 0 aliphatic heterocycles. The van der Waals surface area contributed by atoms with Crippen molar-refractivity contribution in [3.63, 3.8) is 0 Å². The van der Waals surface area contributed by atoms with Crippen LogP contribution >= 0.6 is 0 Å². The van der Waals surface area contributed by atoms with Crippen LogP contribution in [0.3, 0.4) is 0 Å². The molecule has 0 heterocycles. The summed E-state index contributed by atoms with van der Waals surface area (Å²) in [4.78, 5) is 14.7. The zero-order valence-corrected chi connectivity index (χ0v) is 13.8. The predicted molar refractivity (Wildman–Crippen MR) is 87.2 cm³/mol. The Kier molecular flexibility index (Phi) is 15.4. The van der Waals surface area contributed by atoms with Gasteiger partial charge in [0.2, 0.25) is 0 Å². The molecule has 4 nitrogen and oxygen atoms in total. The lowest BCUT2D eigenvalue weighted by atomic mass is 10.1. The maximum absolute atomic E-state index is 10.2. The molecule has 0 saturated heterocycles. The largest absolute Gasteiger partial charge is 0.550 e. The normalized spacial score (nSPS) is 13.2. The first-order valence-electron chi connectivity index (χ1n) is 8.54. The van der Waals surface area contributed by atoms with E-state index < -0.39 is 5.97 Å². The Hall–Kier alpha value is -1.13. The Morgan fingerprint density at radius 2 is 1.82 bits per heavy atom. The summed E-state index contributed by atoms with van der Waals surface area (Å²) >= 11 is 0. The van der Waals surface area contributed by atoms with Crippen molar-refractivity contribution in [1.29, 1.82) is 0 Å². The highest BCUT2D eigenvalue weighted by Gasteiger charge is 2.03. The summed E-state index contributed by atoms with van der Waals surface area (Å²) < 4.78 is 0. The fraction of sp³-hybridized carbons (Fsp3) is 0.722. The maximum atomic E-state index is 10.2. The first-order chi connectivity index (χ1) is 10.7. The molecule has 0 fully saturated rings. The lowest BCUT2D eigenvalue weighted by Crippen LogP contribution is -2.21. The van der Waals surface area contributed by atoms with Crippen molar-refractivity contribution in [2.75, 3.05) is 0 Å². The number of carboxylic acids is 1. The summed E-state index contributed by atoms with van der Waals surface area (Å²) in [7, 11) is 0. The smallest absolute Gasteiger partial charge is 0.111 e. The molecule has 0 unspecified atom stereocenters. The van der Waals surface area contributed by atoms with Crippen molar-refractivity contribution in [3.8, 4) is 0 Å². The second-order valence-corrected chi connectivity index (χ2v) is 5.63. The third-order valence-corrected chi connectivity index (χ3v) is 3.55. The van der Waals surface area contributed by atoms with Crippen molar-refractivity contribution >= 4 is 5.97 Å². The Labute approximate surface area is 134 Å². The molecule has 0 aliphatic carbocycles. The third-order valence-electron chi connectivity index (χ3n) is 3.55. The summed E-state index contributed by atoms with van der Waals surface area (Å²) in [5, 5.41) is 19.1. The summed E-state index contributed by atoms with van der Waals surface area (Å²) in [5.74, 6) is -0.971.